The Morgan fingerprint density at radius 1 is 1.12 bits per heavy atom. The first-order chi connectivity index (χ1) is 12.1. The summed E-state index contributed by atoms with van der Waals surface area (Å²) in [6, 6.07) is 3.72. The molecule has 2 atom stereocenters. The van der Waals surface area contributed by atoms with Crippen LogP contribution in [0.2, 0.25) is 0 Å². The van der Waals surface area contributed by atoms with Gasteiger partial charge in [-0.15, -0.1) is 0 Å². The molecule has 1 aromatic rings. The van der Waals surface area contributed by atoms with Gasteiger partial charge >= 0.3 is 0 Å². The number of rotatable bonds is 6. The number of quaternary nitrogens is 1. The summed E-state index contributed by atoms with van der Waals surface area (Å²) in [5, 5.41) is 5.67. The van der Waals surface area contributed by atoms with E-state index in [9.17, 15) is 18.0 Å². The second-order valence-electron chi connectivity index (χ2n) is 7.30. The first kappa shape index (κ1) is 20.4. The van der Waals surface area contributed by atoms with Gasteiger partial charge in [-0.2, -0.15) is 0 Å². The van der Waals surface area contributed by atoms with E-state index in [0.29, 0.717) is 6.42 Å². The highest BCUT2D eigenvalue weighted by molar-refractivity contribution is 7.91. The zero-order chi connectivity index (χ0) is 19.5. The van der Waals surface area contributed by atoms with Crippen molar-refractivity contribution in [2.75, 3.05) is 37.0 Å². The van der Waals surface area contributed by atoms with Gasteiger partial charge < -0.3 is 15.5 Å². The van der Waals surface area contributed by atoms with Gasteiger partial charge in [0.25, 0.3) is 11.8 Å². The van der Waals surface area contributed by atoms with Crippen molar-refractivity contribution in [3.05, 3.63) is 28.8 Å². The number of carbonyl (C=O) groups is 2. The van der Waals surface area contributed by atoms with E-state index in [4.69, 9.17) is 0 Å². The molecule has 2 rings (SSSR count). The zero-order valence-corrected chi connectivity index (χ0v) is 16.6. The summed E-state index contributed by atoms with van der Waals surface area (Å²) in [7, 11) is -1.26. The van der Waals surface area contributed by atoms with Crippen LogP contribution in [0.4, 0.5) is 5.69 Å². The number of hydrogen-bond acceptors (Lipinski definition) is 4. The second-order valence-corrected chi connectivity index (χ2v) is 9.53. The number of aryl methyl sites for hydroxylation is 3. The Balaban J connectivity index is 1.83. The van der Waals surface area contributed by atoms with Gasteiger partial charge in [0.1, 0.15) is 0 Å². The molecule has 0 saturated carbocycles. The summed E-state index contributed by atoms with van der Waals surface area (Å²) >= 11 is 0. The van der Waals surface area contributed by atoms with Crippen LogP contribution < -0.4 is 15.5 Å². The summed E-state index contributed by atoms with van der Waals surface area (Å²) < 4.78 is 22.9. The predicted molar refractivity (Wildman–Crippen MR) is 101 cm³/mol. The van der Waals surface area contributed by atoms with E-state index in [2.05, 4.69) is 10.6 Å². The van der Waals surface area contributed by atoms with Crippen molar-refractivity contribution in [1.29, 1.82) is 0 Å². The number of benzene rings is 1. The maximum absolute atomic E-state index is 12.3. The third kappa shape index (κ3) is 5.81. The first-order valence-electron chi connectivity index (χ1n) is 8.74. The van der Waals surface area contributed by atoms with Crippen molar-refractivity contribution in [3.63, 3.8) is 0 Å². The van der Waals surface area contributed by atoms with Gasteiger partial charge in [0, 0.05) is 11.7 Å². The van der Waals surface area contributed by atoms with Crippen molar-refractivity contribution in [2.24, 2.45) is 0 Å². The number of carbonyl (C=O) groups excluding carboxylic acids is 2. The average Bonchev–Trinajstić information content (AvgIpc) is 2.81. The monoisotopic (exact) mass is 382 g/mol. The number of likely N-dealkylation sites (N-methyl/N-ethyl adjacent to an activating group) is 1. The van der Waals surface area contributed by atoms with Crippen LogP contribution in [0.3, 0.4) is 0 Å². The third-order valence-electron chi connectivity index (χ3n) is 4.46. The van der Waals surface area contributed by atoms with Gasteiger partial charge in [-0.3, -0.25) is 9.59 Å². The zero-order valence-electron chi connectivity index (χ0n) is 15.8. The molecule has 0 spiro atoms. The molecular formula is C18H28N3O4S+. The highest BCUT2D eigenvalue weighted by Gasteiger charge is 2.29. The molecule has 1 aliphatic heterocycles. The first-order valence-corrected chi connectivity index (χ1v) is 10.6. The van der Waals surface area contributed by atoms with Gasteiger partial charge in [0.05, 0.1) is 18.6 Å². The van der Waals surface area contributed by atoms with Crippen molar-refractivity contribution in [1.82, 2.24) is 5.32 Å². The highest BCUT2D eigenvalue weighted by Crippen LogP contribution is 2.21. The van der Waals surface area contributed by atoms with E-state index in [1.165, 1.54) is 0 Å². The summed E-state index contributed by atoms with van der Waals surface area (Å²) in [5.74, 6) is -0.267. The average molecular weight is 383 g/mol. The molecule has 1 fully saturated rings. The lowest BCUT2D eigenvalue weighted by Crippen LogP contribution is -3.11. The summed E-state index contributed by atoms with van der Waals surface area (Å²) in [4.78, 5) is 25.1. The molecule has 8 heteroatoms. The van der Waals surface area contributed by atoms with E-state index < -0.39 is 9.84 Å². The molecule has 1 heterocycles. The van der Waals surface area contributed by atoms with Gasteiger partial charge in [0.15, 0.2) is 22.9 Å². The topological polar surface area (TPSA) is 96.8 Å². The van der Waals surface area contributed by atoms with E-state index in [0.717, 1.165) is 27.3 Å². The van der Waals surface area contributed by atoms with Crippen LogP contribution in [-0.2, 0) is 19.4 Å². The molecule has 0 bridgehead atoms. The Hall–Kier alpha value is -1.93. The molecule has 7 nitrogen and oxygen atoms in total. The van der Waals surface area contributed by atoms with Gasteiger partial charge in [0.2, 0.25) is 0 Å². The largest absolute Gasteiger partial charge is 0.347 e. The van der Waals surface area contributed by atoms with Crippen LogP contribution in [0, 0.1) is 20.8 Å². The standard InChI is InChI=1S/C18H27N3O4S/c1-12-7-13(2)18(14(3)8-12)20-17(23)10-21(4)9-16(22)19-15-5-6-26(24,25)11-15/h7-8,15H,5-6,9-11H2,1-4H3,(H,19,22)(H,20,23)/p+1/t15-/m1/s1. The minimum Gasteiger partial charge on any atom is -0.347 e. The second kappa shape index (κ2) is 8.18. The summed E-state index contributed by atoms with van der Waals surface area (Å²) in [6.45, 7) is 6.20. The molecule has 1 aromatic carbocycles. The molecule has 1 aliphatic rings. The molecule has 2 amide bonds. The van der Waals surface area contributed by atoms with Crippen LogP contribution in [0.5, 0.6) is 0 Å². The van der Waals surface area contributed by atoms with Crippen LogP contribution in [0.1, 0.15) is 23.1 Å². The SMILES string of the molecule is Cc1cc(C)c(NC(=O)C[NH+](C)CC(=O)N[C@@H]2CCS(=O)(=O)C2)c(C)c1. The fourth-order valence-corrected chi connectivity index (χ4v) is 5.03. The van der Waals surface area contributed by atoms with Crippen molar-refractivity contribution < 1.29 is 22.9 Å². The van der Waals surface area contributed by atoms with Crippen LogP contribution >= 0.6 is 0 Å². The van der Waals surface area contributed by atoms with Crippen molar-refractivity contribution in [3.8, 4) is 0 Å². The van der Waals surface area contributed by atoms with Crippen molar-refractivity contribution >= 4 is 27.3 Å². The molecule has 0 aromatic heterocycles. The Morgan fingerprint density at radius 3 is 2.23 bits per heavy atom. The lowest BCUT2D eigenvalue weighted by atomic mass is 10.1. The number of sulfone groups is 1. The maximum Gasteiger partial charge on any atom is 0.279 e. The third-order valence-corrected chi connectivity index (χ3v) is 6.23. The highest BCUT2D eigenvalue weighted by atomic mass is 32.2. The molecule has 1 unspecified atom stereocenters. The Labute approximate surface area is 155 Å². The fraction of sp³-hybridized carbons (Fsp3) is 0.556. The Kier molecular flexibility index (Phi) is 6.41. The van der Waals surface area contributed by atoms with E-state index >= 15 is 0 Å². The maximum atomic E-state index is 12.3. The smallest absolute Gasteiger partial charge is 0.279 e. The van der Waals surface area contributed by atoms with Gasteiger partial charge in [-0.25, -0.2) is 8.42 Å². The molecule has 0 aliphatic carbocycles. The van der Waals surface area contributed by atoms with Gasteiger partial charge in [-0.1, -0.05) is 17.7 Å². The van der Waals surface area contributed by atoms with E-state index in [-0.39, 0.29) is 42.5 Å². The summed E-state index contributed by atoms with van der Waals surface area (Å²) in [6.07, 6.45) is 0.458. The molecule has 0 radical (unpaired) electrons. The van der Waals surface area contributed by atoms with Crippen LogP contribution in [0.25, 0.3) is 0 Å². The lowest BCUT2D eigenvalue weighted by molar-refractivity contribution is -0.862. The molecule has 3 N–H and O–H groups in total. The Bertz CT molecular complexity index is 782. The molecule has 1 saturated heterocycles. The predicted octanol–water partition coefficient (Wildman–Crippen LogP) is -0.632. The van der Waals surface area contributed by atoms with E-state index in [1.54, 1.807) is 7.05 Å². The summed E-state index contributed by atoms with van der Waals surface area (Å²) in [5.41, 5.74) is 3.97. The number of hydrogen-bond donors (Lipinski definition) is 3. The minimum atomic E-state index is -3.02. The van der Waals surface area contributed by atoms with E-state index in [1.807, 2.05) is 32.9 Å². The van der Waals surface area contributed by atoms with Gasteiger partial charge in [-0.05, 0) is 38.3 Å². The quantitative estimate of drug-likeness (QED) is 0.610. The Morgan fingerprint density at radius 2 is 1.69 bits per heavy atom. The van der Waals surface area contributed by atoms with Crippen LogP contribution in [0.15, 0.2) is 12.1 Å². The van der Waals surface area contributed by atoms with Crippen LogP contribution in [-0.4, -0.2) is 57.9 Å². The fourth-order valence-electron chi connectivity index (χ4n) is 3.36. The number of nitrogens with one attached hydrogen (secondary N) is 3. The minimum absolute atomic E-state index is 0.00422. The molecular weight excluding hydrogens is 354 g/mol. The normalized spacial score (nSPS) is 19.8. The lowest BCUT2D eigenvalue weighted by Gasteiger charge is -2.17. The number of anilines is 1. The molecule has 144 valence electrons. The number of amides is 2. The molecule has 26 heavy (non-hydrogen) atoms. The van der Waals surface area contributed by atoms with Crippen molar-refractivity contribution in [2.45, 2.75) is 33.2 Å².